The fourth-order valence-corrected chi connectivity index (χ4v) is 3.07. The Morgan fingerprint density at radius 2 is 2.41 bits per heavy atom. The number of hydrogen-bond donors (Lipinski definition) is 1. The van der Waals surface area contributed by atoms with E-state index in [1.54, 1.807) is 7.11 Å². The second kappa shape index (κ2) is 3.47. The molecule has 17 heavy (non-hydrogen) atoms. The maximum Gasteiger partial charge on any atom is 0.310 e. The van der Waals surface area contributed by atoms with Crippen LogP contribution in [0.5, 0.6) is 5.75 Å². The lowest BCUT2D eigenvalue weighted by Crippen LogP contribution is -2.52. The van der Waals surface area contributed by atoms with E-state index in [1.165, 1.54) is 0 Å². The molecule has 4 heteroatoms. The number of benzene rings is 1. The predicted molar refractivity (Wildman–Crippen MR) is 60.2 cm³/mol. The van der Waals surface area contributed by atoms with Gasteiger partial charge < -0.3 is 14.6 Å². The summed E-state index contributed by atoms with van der Waals surface area (Å²) in [5, 5.41) is 9.26. The van der Waals surface area contributed by atoms with Crippen molar-refractivity contribution in [2.24, 2.45) is 5.92 Å². The lowest BCUT2D eigenvalue weighted by molar-refractivity contribution is -0.150. The molecule has 90 valence electrons. The van der Waals surface area contributed by atoms with E-state index in [-0.39, 0.29) is 11.5 Å². The van der Waals surface area contributed by atoms with Crippen molar-refractivity contribution >= 4 is 5.97 Å². The largest absolute Gasteiger partial charge is 0.497 e. The molecule has 0 aromatic heterocycles. The van der Waals surface area contributed by atoms with Crippen molar-refractivity contribution < 1.29 is 19.4 Å². The average Bonchev–Trinajstić information content (AvgIpc) is 2.87. The molecule has 2 bridgehead atoms. The van der Waals surface area contributed by atoms with E-state index < -0.39 is 11.9 Å². The van der Waals surface area contributed by atoms with E-state index in [0.29, 0.717) is 6.61 Å². The molecule has 4 nitrogen and oxygen atoms in total. The van der Waals surface area contributed by atoms with Crippen LogP contribution in [0.4, 0.5) is 0 Å². The number of fused-ring (bicyclic) bond motifs is 1. The summed E-state index contributed by atoms with van der Waals surface area (Å²) < 4.78 is 10.7. The smallest absolute Gasteiger partial charge is 0.310 e. The van der Waals surface area contributed by atoms with Gasteiger partial charge in [0.05, 0.1) is 25.7 Å². The van der Waals surface area contributed by atoms with Crippen LogP contribution in [0.15, 0.2) is 24.3 Å². The maximum atomic E-state index is 11.3. The maximum absolute atomic E-state index is 11.3. The lowest BCUT2D eigenvalue weighted by atomic mass is 9.57. The number of methoxy groups -OCH3 is 1. The third-order valence-corrected chi connectivity index (χ3v) is 4.00. The fourth-order valence-electron chi connectivity index (χ4n) is 3.07. The van der Waals surface area contributed by atoms with E-state index in [0.717, 1.165) is 17.7 Å². The normalized spacial score (nSPS) is 34.2. The van der Waals surface area contributed by atoms with Crippen molar-refractivity contribution in [1.82, 2.24) is 0 Å². The Labute approximate surface area is 99.2 Å². The summed E-state index contributed by atoms with van der Waals surface area (Å²) in [5.74, 6) is -0.410. The quantitative estimate of drug-likeness (QED) is 0.859. The Bertz CT molecular complexity index is 466. The van der Waals surface area contributed by atoms with Crippen LogP contribution in [-0.4, -0.2) is 30.9 Å². The molecule has 2 saturated heterocycles. The van der Waals surface area contributed by atoms with Gasteiger partial charge in [0, 0.05) is 5.41 Å². The van der Waals surface area contributed by atoms with E-state index in [4.69, 9.17) is 9.47 Å². The number of carboxylic acid groups (broad SMARTS) is 1. The molecule has 1 N–H and O–H groups in total. The highest BCUT2D eigenvalue weighted by Crippen LogP contribution is 2.56. The SMILES string of the molecule is COc1cccc([C@]23CO[C@H](C2)[C@H]3C(=O)O)c1. The van der Waals surface area contributed by atoms with Gasteiger partial charge in [0.15, 0.2) is 0 Å². The molecule has 1 aromatic rings. The first-order valence-electron chi connectivity index (χ1n) is 5.66. The molecule has 1 aromatic carbocycles. The minimum atomic E-state index is -0.762. The van der Waals surface area contributed by atoms with Crippen molar-refractivity contribution in [2.45, 2.75) is 17.9 Å². The van der Waals surface area contributed by atoms with Crippen molar-refractivity contribution in [3.63, 3.8) is 0 Å². The van der Waals surface area contributed by atoms with Crippen molar-refractivity contribution in [3.05, 3.63) is 29.8 Å². The summed E-state index contributed by atoms with van der Waals surface area (Å²) in [5.41, 5.74) is 0.670. The van der Waals surface area contributed by atoms with Crippen LogP contribution < -0.4 is 4.74 Å². The average molecular weight is 234 g/mol. The lowest BCUT2D eigenvalue weighted by Gasteiger charge is -2.42. The third-order valence-electron chi connectivity index (χ3n) is 4.00. The Hall–Kier alpha value is -1.55. The summed E-state index contributed by atoms with van der Waals surface area (Å²) in [6.45, 7) is 0.502. The molecule has 4 rings (SSSR count). The zero-order valence-corrected chi connectivity index (χ0v) is 9.55. The van der Waals surface area contributed by atoms with Crippen LogP contribution >= 0.6 is 0 Å². The van der Waals surface area contributed by atoms with Gasteiger partial charge in [-0.1, -0.05) is 12.1 Å². The van der Waals surface area contributed by atoms with Crippen LogP contribution in [0.25, 0.3) is 0 Å². The highest BCUT2D eigenvalue weighted by atomic mass is 16.5. The molecule has 3 fully saturated rings. The molecule has 1 aliphatic carbocycles. The molecular formula is C13H14O4. The number of ether oxygens (including phenoxy) is 2. The highest BCUT2D eigenvalue weighted by Gasteiger charge is 2.64. The first kappa shape index (κ1) is 10.6. The molecule has 0 radical (unpaired) electrons. The number of hydrogen-bond acceptors (Lipinski definition) is 3. The molecule has 3 atom stereocenters. The van der Waals surface area contributed by atoms with Gasteiger partial charge in [0.2, 0.25) is 0 Å². The van der Waals surface area contributed by atoms with Gasteiger partial charge in [-0.25, -0.2) is 0 Å². The second-order valence-corrected chi connectivity index (χ2v) is 4.76. The summed E-state index contributed by atoms with van der Waals surface area (Å²) >= 11 is 0. The summed E-state index contributed by atoms with van der Waals surface area (Å²) in [6, 6.07) is 7.64. The predicted octanol–water partition coefficient (Wildman–Crippen LogP) is 1.44. The molecule has 3 aliphatic rings. The Morgan fingerprint density at radius 1 is 1.59 bits per heavy atom. The van der Waals surface area contributed by atoms with Gasteiger partial charge in [0.1, 0.15) is 5.75 Å². The van der Waals surface area contributed by atoms with Gasteiger partial charge in [-0.15, -0.1) is 0 Å². The van der Waals surface area contributed by atoms with Crippen LogP contribution in [0.1, 0.15) is 12.0 Å². The number of carbonyl (C=O) groups is 1. The number of carboxylic acids is 1. The third kappa shape index (κ3) is 1.30. The monoisotopic (exact) mass is 234 g/mol. The van der Waals surface area contributed by atoms with Crippen LogP contribution in [0.2, 0.25) is 0 Å². The van der Waals surface area contributed by atoms with Gasteiger partial charge in [-0.05, 0) is 24.1 Å². The Kier molecular flexibility index (Phi) is 2.16. The van der Waals surface area contributed by atoms with E-state index >= 15 is 0 Å². The van der Waals surface area contributed by atoms with Gasteiger partial charge >= 0.3 is 5.97 Å². The van der Waals surface area contributed by atoms with E-state index in [9.17, 15) is 9.90 Å². The fraction of sp³-hybridized carbons (Fsp3) is 0.462. The molecule has 0 unspecified atom stereocenters. The molecule has 0 amide bonds. The Balaban J connectivity index is 2.00. The first-order valence-corrected chi connectivity index (χ1v) is 5.66. The molecule has 1 saturated carbocycles. The summed E-state index contributed by atoms with van der Waals surface area (Å²) in [6.07, 6.45) is 0.690. The van der Waals surface area contributed by atoms with E-state index in [1.807, 2.05) is 24.3 Å². The van der Waals surface area contributed by atoms with Crippen molar-refractivity contribution in [1.29, 1.82) is 0 Å². The van der Waals surface area contributed by atoms with Crippen molar-refractivity contribution in [3.8, 4) is 5.75 Å². The second-order valence-electron chi connectivity index (χ2n) is 4.76. The Morgan fingerprint density at radius 3 is 3.06 bits per heavy atom. The summed E-state index contributed by atoms with van der Waals surface area (Å²) in [7, 11) is 1.61. The summed E-state index contributed by atoms with van der Waals surface area (Å²) in [4.78, 5) is 11.3. The standard InChI is InChI=1S/C13H14O4/c1-16-9-4-2-3-8(5-9)13-6-10(17-7-13)11(13)12(14)15/h2-5,10-11H,6-7H2,1H3,(H,14,15)/t10-,11+,13-/m1/s1. The van der Waals surface area contributed by atoms with Gasteiger partial charge in [-0.2, -0.15) is 0 Å². The van der Waals surface area contributed by atoms with Crippen LogP contribution in [-0.2, 0) is 14.9 Å². The number of aliphatic carboxylic acids is 1. The zero-order valence-electron chi connectivity index (χ0n) is 9.55. The minimum absolute atomic E-state index is 0.112. The topological polar surface area (TPSA) is 55.8 Å². The molecule has 2 heterocycles. The van der Waals surface area contributed by atoms with Crippen LogP contribution in [0, 0.1) is 5.92 Å². The van der Waals surface area contributed by atoms with Crippen LogP contribution in [0.3, 0.4) is 0 Å². The van der Waals surface area contributed by atoms with Crippen molar-refractivity contribution in [2.75, 3.05) is 13.7 Å². The van der Waals surface area contributed by atoms with Gasteiger partial charge in [-0.3, -0.25) is 4.79 Å². The first-order chi connectivity index (χ1) is 8.17. The number of rotatable bonds is 3. The zero-order chi connectivity index (χ0) is 12.0. The molecule has 2 aliphatic heterocycles. The minimum Gasteiger partial charge on any atom is -0.497 e. The highest BCUT2D eigenvalue weighted by molar-refractivity contribution is 5.76. The molecule has 0 spiro atoms. The van der Waals surface area contributed by atoms with E-state index in [2.05, 4.69) is 0 Å². The molecular weight excluding hydrogens is 220 g/mol. The van der Waals surface area contributed by atoms with Gasteiger partial charge in [0.25, 0.3) is 0 Å².